The van der Waals surface area contributed by atoms with Gasteiger partial charge in [0.15, 0.2) is 17.3 Å². The molecule has 0 aliphatic heterocycles. The van der Waals surface area contributed by atoms with Crippen molar-refractivity contribution < 1.29 is 22.4 Å². The summed E-state index contributed by atoms with van der Waals surface area (Å²) in [5.41, 5.74) is 0.942. The zero-order valence-corrected chi connectivity index (χ0v) is 15.1. The van der Waals surface area contributed by atoms with Gasteiger partial charge in [-0.3, -0.25) is 0 Å². The van der Waals surface area contributed by atoms with E-state index >= 15 is 0 Å². The third-order valence-electron chi connectivity index (χ3n) is 3.85. The van der Waals surface area contributed by atoms with E-state index in [0.717, 1.165) is 17.7 Å². The molecule has 4 aromatic rings. The molecule has 2 aromatic heterocycles. The summed E-state index contributed by atoms with van der Waals surface area (Å²) in [5.74, 6) is -0.0992. The Hall–Kier alpha value is -3.19. The molecule has 0 atom stereocenters. The highest BCUT2D eigenvalue weighted by molar-refractivity contribution is 6.30. The predicted octanol–water partition coefficient (Wildman–Crippen LogP) is 5.43. The Morgan fingerprint density at radius 2 is 1.86 bits per heavy atom. The lowest BCUT2D eigenvalue weighted by molar-refractivity contribution is 0.258. The molecule has 0 saturated heterocycles. The smallest absolute Gasteiger partial charge is 0.283 e. The van der Waals surface area contributed by atoms with E-state index in [-0.39, 0.29) is 18.2 Å². The first-order valence-corrected chi connectivity index (χ1v) is 8.68. The van der Waals surface area contributed by atoms with Gasteiger partial charge in [0.2, 0.25) is 5.89 Å². The van der Waals surface area contributed by atoms with E-state index in [4.69, 9.17) is 25.2 Å². The Morgan fingerprint density at radius 1 is 0.964 bits per heavy atom. The zero-order valence-electron chi connectivity index (χ0n) is 14.4. The summed E-state index contributed by atoms with van der Waals surface area (Å²) >= 11 is 5.97. The molecule has 0 N–H and O–H groups in total. The van der Waals surface area contributed by atoms with Gasteiger partial charge in [0, 0.05) is 11.1 Å². The number of aromatic nitrogens is 2. The van der Waals surface area contributed by atoms with E-state index < -0.39 is 11.6 Å². The van der Waals surface area contributed by atoms with E-state index in [2.05, 4.69) is 10.2 Å². The van der Waals surface area contributed by atoms with Crippen LogP contribution in [0.2, 0.25) is 5.02 Å². The van der Waals surface area contributed by atoms with Gasteiger partial charge in [-0.05, 0) is 42.0 Å². The van der Waals surface area contributed by atoms with Crippen molar-refractivity contribution in [2.45, 2.75) is 13.0 Å². The molecule has 4 rings (SSSR count). The summed E-state index contributed by atoms with van der Waals surface area (Å²) in [6.07, 6.45) is 0.439. The maximum Gasteiger partial charge on any atom is 0.283 e. The van der Waals surface area contributed by atoms with E-state index in [1.807, 2.05) is 18.2 Å². The molecule has 0 radical (unpaired) electrons. The monoisotopic (exact) mass is 402 g/mol. The fraction of sp³-hybridized carbons (Fsp3) is 0.100. The first kappa shape index (κ1) is 18.2. The minimum absolute atomic E-state index is 0.0357. The van der Waals surface area contributed by atoms with E-state index in [1.165, 1.54) is 6.07 Å². The first-order chi connectivity index (χ1) is 13.6. The Balaban J connectivity index is 1.42. The van der Waals surface area contributed by atoms with Crippen LogP contribution in [0.15, 0.2) is 63.4 Å². The van der Waals surface area contributed by atoms with Crippen molar-refractivity contribution in [2.24, 2.45) is 0 Å². The lowest BCUT2D eigenvalue weighted by Gasteiger charge is -2.05. The van der Waals surface area contributed by atoms with Crippen molar-refractivity contribution in [3.8, 4) is 17.4 Å². The molecule has 8 heteroatoms. The molecule has 0 spiro atoms. The molecule has 0 saturated carbocycles. The van der Waals surface area contributed by atoms with Crippen LogP contribution >= 0.6 is 11.6 Å². The third-order valence-corrected chi connectivity index (χ3v) is 4.08. The van der Waals surface area contributed by atoms with Crippen LogP contribution in [0.4, 0.5) is 8.78 Å². The zero-order chi connectivity index (χ0) is 19.5. The van der Waals surface area contributed by atoms with Crippen LogP contribution in [-0.2, 0) is 13.0 Å². The molecule has 0 amide bonds. The van der Waals surface area contributed by atoms with Crippen molar-refractivity contribution in [3.05, 3.63) is 88.5 Å². The fourth-order valence-electron chi connectivity index (χ4n) is 2.56. The standard InChI is InChI=1S/C20H13ClF2N2O3/c21-13-3-1-2-12(8-13)9-19-24-25-20(28-19)18-7-5-15(27-18)11-26-17-6-4-14(22)10-16(17)23/h1-8,10H,9,11H2. The van der Waals surface area contributed by atoms with Gasteiger partial charge < -0.3 is 13.6 Å². The maximum absolute atomic E-state index is 13.6. The van der Waals surface area contributed by atoms with Gasteiger partial charge in [-0.15, -0.1) is 10.2 Å². The van der Waals surface area contributed by atoms with E-state index in [0.29, 0.717) is 28.9 Å². The van der Waals surface area contributed by atoms with Crippen LogP contribution in [0.1, 0.15) is 17.2 Å². The lowest BCUT2D eigenvalue weighted by atomic mass is 10.1. The van der Waals surface area contributed by atoms with E-state index in [9.17, 15) is 8.78 Å². The molecule has 5 nitrogen and oxygen atoms in total. The lowest BCUT2D eigenvalue weighted by Crippen LogP contribution is -1.96. The fourth-order valence-corrected chi connectivity index (χ4v) is 2.77. The second-order valence-corrected chi connectivity index (χ2v) is 6.37. The second-order valence-electron chi connectivity index (χ2n) is 5.94. The Labute approximate surface area is 163 Å². The van der Waals surface area contributed by atoms with Gasteiger partial charge >= 0.3 is 0 Å². The maximum atomic E-state index is 13.6. The van der Waals surface area contributed by atoms with Crippen molar-refractivity contribution in [2.75, 3.05) is 0 Å². The average Bonchev–Trinajstić information content (AvgIpc) is 3.30. The number of halogens is 3. The van der Waals surface area contributed by atoms with Crippen molar-refractivity contribution >= 4 is 11.6 Å². The normalized spacial score (nSPS) is 11.0. The summed E-state index contributed by atoms with van der Waals surface area (Å²) in [6.45, 7) is -0.0357. The highest BCUT2D eigenvalue weighted by atomic mass is 35.5. The molecular formula is C20H13ClF2N2O3. The Kier molecular flexibility index (Phi) is 5.08. The summed E-state index contributed by atoms with van der Waals surface area (Å²) in [5, 5.41) is 8.61. The number of benzene rings is 2. The Bertz CT molecular complexity index is 1110. The largest absolute Gasteiger partial charge is 0.483 e. The molecule has 2 aromatic carbocycles. The molecule has 142 valence electrons. The molecule has 0 aliphatic rings. The number of hydrogen-bond donors (Lipinski definition) is 0. The number of hydrogen-bond acceptors (Lipinski definition) is 5. The topological polar surface area (TPSA) is 61.3 Å². The van der Waals surface area contributed by atoms with Crippen LogP contribution < -0.4 is 4.74 Å². The summed E-state index contributed by atoms with van der Waals surface area (Å²) < 4.78 is 43.0. The molecule has 2 heterocycles. The van der Waals surface area contributed by atoms with Gasteiger partial charge in [-0.1, -0.05) is 23.7 Å². The van der Waals surface area contributed by atoms with Crippen molar-refractivity contribution in [3.63, 3.8) is 0 Å². The molecular weight excluding hydrogens is 390 g/mol. The molecule has 0 bridgehead atoms. The quantitative estimate of drug-likeness (QED) is 0.430. The summed E-state index contributed by atoms with van der Waals surface area (Å²) in [6, 6.07) is 13.7. The molecule has 0 fully saturated rings. The van der Waals surface area contributed by atoms with Gasteiger partial charge in [0.05, 0.1) is 6.42 Å². The second kappa shape index (κ2) is 7.82. The highest BCUT2D eigenvalue weighted by Crippen LogP contribution is 2.24. The van der Waals surface area contributed by atoms with Crippen LogP contribution in [0, 0.1) is 11.6 Å². The third kappa shape index (κ3) is 4.20. The van der Waals surface area contributed by atoms with Crippen LogP contribution in [0.3, 0.4) is 0 Å². The van der Waals surface area contributed by atoms with Gasteiger partial charge in [0.1, 0.15) is 18.2 Å². The number of nitrogens with zero attached hydrogens (tertiary/aromatic N) is 2. The van der Waals surface area contributed by atoms with E-state index in [1.54, 1.807) is 18.2 Å². The number of ether oxygens (including phenoxy) is 1. The number of furan rings is 1. The highest BCUT2D eigenvalue weighted by Gasteiger charge is 2.14. The van der Waals surface area contributed by atoms with Crippen LogP contribution in [0.25, 0.3) is 11.7 Å². The van der Waals surface area contributed by atoms with Gasteiger partial charge in [0.25, 0.3) is 5.89 Å². The predicted molar refractivity (Wildman–Crippen MR) is 96.9 cm³/mol. The van der Waals surface area contributed by atoms with Crippen molar-refractivity contribution in [1.82, 2.24) is 10.2 Å². The van der Waals surface area contributed by atoms with Gasteiger partial charge in [-0.25, -0.2) is 8.78 Å². The van der Waals surface area contributed by atoms with Crippen LogP contribution in [0.5, 0.6) is 5.75 Å². The Morgan fingerprint density at radius 3 is 2.68 bits per heavy atom. The van der Waals surface area contributed by atoms with Crippen molar-refractivity contribution in [1.29, 1.82) is 0 Å². The SMILES string of the molecule is Fc1ccc(OCc2ccc(-c3nnc(Cc4cccc(Cl)c4)o3)o2)c(F)c1. The number of rotatable bonds is 6. The summed E-state index contributed by atoms with van der Waals surface area (Å²) in [7, 11) is 0. The first-order valence-electron chi connectivity index (χ1n) is 8.30. The summed E-state index contributed by atoms with van der Waals surface area (Å²) in [4.78, 5) is 0. The average molecular weight is 403 g/mol. The van der Waals surface area contributed by atoms with Gasteiger partial charge in [-0.2, -0.15) is 0 Å². The minimum atomic E-state index is -0.783. The van der Waals surface area contributed by atoms with Crippen LogP contribution in [-0.4, -0.2) is 10.2 Å². The minimum Gasteiger partial charge on any atom is -0.483 e. The molecule has 0 unspecified atom stereocenters. The molecule has 0 aliphatic carbocycles. The molecule has 28 heavy (non-hydrogen) atoms.